The summed E-state index contributed by atoms with van der Waals surface area (Å²) in [5.41, 5.74) is 0. The molecule has 8 heteroatoms. The number of carboxylic acids is 1. The zero-order valence-corrected chi connectivity index (χ0v) is 39.4. The third-order valence-corrected chi connectivity index (χ3v) is 10.7. The van der Waals surface area contributed by atoms with Gasteiger partial charge in [0.25, 0.3) is 0 Å². The number of quaternary nitrogens is 1. The van der Waals surface area contributed by atoms with Crippen LogP contribution >= 0.6 is 0 Å². The molecule has 0 saturated heterocycles. The number of unbranched alkanes of at least 4 members (excludes halogenated alkanes) is 21. The molecule has 0 aliphatic heterocycles. The number of carbonyl (C=O) groups excluding carboxylic acids is 2. The molecule has 0 spiro atoms. The average Bonchev–Trinajstić information content (AvgIpc) is 3.21. The van der Waals surface area contributed by atoms with E-state index in [9.17, 15) is 19.5 Å². The van der Waals surface area contributed by atoms with Crippen molar-refractivity contribution in [2.24, 2.45) is 0 Å². The van der Waals surface area contributed by atoms with E-state index >= 15 is 0 Å². The Balaban J connectivity index is 4.25. The van der Waals surface area contributed by atoms with Crippen LogP contribution in [0.25, 0.3) is 0 Å². The highest BCUT2D eigenvalue weighted by Crippen LogP contribution is 2.16. The van der Waals surface area contributed by atoms with Crippen molar-refractivity contribution in [2.75, 3.05) is 41.0 Å². The second-order valence-electron chi connectivity index (χ2n) is 17.4. The molecular formula is C52H92NO7+. The summed E-state index contributed by atoms with van der Waals surface area (Å²) < 4.78 is 17.3. The van der Waals surface area contributed by atoms with Crippen molar-refractivity contribution >= 4 is 17.9 Å². The number of likely N-dealkylation sites (N-methyl/N-ethyl adjacent to an activating group) is 1. The summed E-state index contributed by atoms with van der Waals surface area (Å²) in [6.07, 6.45) is 52.7. The minimum atomic E-state index is -0.877. The average molecular weight is 843 g/mol. The van der Waals surface area contributed by atoms with Gasteiger partial charge in [-0.2, -0.15) is 0 Å². The molecule has 0 amide bonds. The maximum absolute atomic E-state index is 12.8. The molecule has 0 aliphatic carbocycles. The van der Waals surface area contributed by atoms with E-state index in [-0.39, 0.29) is 36.2 Å². The molecule has 346 valence electrons. The first-order chi connectivity index (χ1) is 29.1. The summed E-state index contributed by atoms with van der Waals surface area (Å²) in [5, 5.41) is 9.64. The molecule has 2 unspecified atom stereocenters. The van der Waals surface area contributed by atoms with E-state index in [1.807, 2.05) is 21.1 Å². The lowest BCUT2D eigenvalue weighted by Gasteiger charge is -2.31. The van der Waals surface area contributed by atoms with E-state index in [1.54, 1.807) is 0 Å². The standard InChI is InChI=1S/C52H91NO7/c1-6-8-10-12-14-16-18-20-22-23-24-25-26-27-29-31-33-35-37-39-41-43-51(55)60-48(46-58-45-44-49(52(56)57)53(3,4)5)47-59-50(54)42-40-38-36-34-32-30-28-21-19-17-15-13-11-9-7-2/h8-11,13-17,19,48-49H,6-7,12,18,20-47H2,1-5H3/p+1/b10-8+,11-9+,15-13+,16-14+,19-17+. The molecule has 0 saturated carbocycles. The Hall–Kier alpha value is -2.97. The highest BCUT2D eigenvalue weighted by Gasteiger charge is 2.31. The molecule has 1 N–H and O–H groups in total. The van der Waals surface area contributed by atoms with Crippen molar-refractivity contribution in [1.82, 2.24) is 0 Å². The summed E-state index contributed by atoms with van der Waals surface area (Å²) in [5.74, 6) is -1.48. The van der Waals surface area contributed by atoms with E-state index in [1.165, 1.54) is 103 Å². The number of allylic oxidation sites excluding steroid dienone is 10. The van der Waals surface area contributed by atoms with Gasteiger partial charge in [0.15, 0.2) is 12.1 Å². The normalized spacial score (nSPS) is 13.4. The van der Waals surface area contributed by atoms with Crippen LogP contribution in [0.15, 0.2) is 60.8 Å². The Morgan fingerprint density at radius 2 is 0.967 bits per heavy atom. The molecule has 60 heavy (non-hydrogen) atoms. The number of hydrogen-bond donors (Lipinski definition) is 1. The van der Waals surface area contributed by atoms with Crippen molar-refractivity contribution in [3.05, 3.63) is 60.8 Å². The van der Waals surface area contributed by atoms with Crippen molar-refractivity contribution in [3.63, 3.8) is 0 Å². The molecule has 0 fully saturated rings. The SMILES string of the molecule is CC/C=C/C=C/C=C/CCCCCCCCCC(=O)OCC(COCCC(C(=O)O)[N+](C)(C)C)OC(=O)CCCCCCCCCCCCCCCC/C=C/C/C=C/CC. The minimum Gasteiger partial charge on any atom is -0.477 e. The van der Waals surface area contributed by atoms with Crippen LogP contribution in [0.2, 0.25) is 0 Å². The van der Waals surface area contributed by atoms with E-state index in [0.29, 0.717) is 19.3 Å². The van der Waals surface area contributed by atoms with Gasteiger partial charge >= 0.3 is 17.9 Å². The van der Waals surface area contributed by atoms with Gasteiger partial charge in [-0.05, 0) is 57.8 Å². The number of esters is 2. The Labute approximate surface area is 368 Å². The first-order valence-electron chi connectivity index (χ1n) is 24.4. The maximum atomic E-state index is 12.8. The minimum absolute atomic E-state index is 0.0563. The van der Waals surface area contributed by atoms with Crippen LogP contribution in [-0.4, -0.2) is 80.6 Å². The van der Waals surface area contributed by atoms with E-state index < -0.39 is 18.1 Å². The zero-order valence-electron chi connectivity index (χ0n) is 39.4. The first-order valence-corrected chi connectivity index (χ1v) is 24.4. The number of nitrogens with zero attached hydrogens (tertiary/aromatic N) is 1. The Morgan fingerprint density at radius 3 is 1.47 bits per heavy atom. The van der Waals surface area contributed by atoms with Gasteiger partial charge in [0.1, 0.15) is 6.61 Å². The van der Waals surface area contributed by atoms with Gasteiger partial charge in [0.05, 0.1) is 34.4 Å². The predicted molar refractivity (Wildman–Crippen MR) is 252 cm³/mol. The summed E-state index contributed by atoms with van der Waals surface area (Å²) in [6.45, 7) is 4.50. The number of aliphatic carboxylic acids is 1. The molecule has 0 aromatic carbocycles. The summed E-state index contributed by atoms with van der Waals surface area (Å²) in [6, 6.07) is -0.618. The van der Waals surface area contributed by atoms with Gasteiger partial charge < -0.3 is 23.8 Å². The Morgan fingerprint density at radius 1 is 0.517 bits per heavy atom. The van der Waals surface area contributed by atoms with Crippen molar-refractivity contribution in [1.29, 1.82) is 0 Å². The van der Waals surface area contributed by atoms with Crippen LogP contribution in [0.3, 0.4) is 0 Å². The molecule has 0 rings (SSSR count). The quantitative estimate of drug-likeness (QED) is 0.0215. The molecule has 0 aliphatic rings. The third-order valence-electron chi connectivity index (χ3n) is 10.7. The van der Waals surface area contributed by atoms with E-state index in [0.717, 1.165) is 64.2 Å². The molecule has 0 heterocycles. The van der Waals surface area contributed by atoms with E-state index in [4.69, 9.17) is 14.2 Å². The molecular weight excluding hydrogens is 751 g/mol. The fourth-order valence-electron chi connectivity index (χ4n) is 7.01. The molecule has 2 atom stereocenters. The van der Waals surface area contributed by atoms with Gasteiger partial charge in [-0.15, -0.1) is 0 Å². The van der Waals surface area contributed by atoms with Gasteiger partial charge in [0, 0.05) is 19.3 Å². The van der Waals surface area contributed by atoms with Gasteiger partial charge in [-0.25, -0.2) is 4.79 Å². The largest absolute Gasteiger partial charge is 0.477 e. The number of rotatable bonds is 43. The van der Waals surface area contributed by atoms with Crippen LogP contribution in [0.5, 0.6) is 0 Å². The van der Waals surface area contributed by atoms with Crippen LogP contribution in [0.4, 0.5) is 0 Å². The summed E-state index contributed by atoms with van der Waals surface area (Å²) in [7, 11) is 5.53. The van der Waals surface area contributed by atoms with Crippen molar-refractivity contribution in [3.8, 4) is 0 Å². The van der Waals surface area contributed by atoms with Crippen LogP contribution < -0.4 is 0 Å². The Bertz CT molecular complexity index is 1170. The molecule has 0 bridgehead atoms. The molecule has 0 aromatic heterocycles. The highest BCUT2D eigenvalue weighted by molar-refractivity contribution is 5.72. The number of ether oxygens (including phenoxy) is 3. The lowest BCUT2D eigenvalue weighted by atomic mass is 10.0. The monoisotopic (exact) mass is 843 g/mol. The zero-order chi connectivity index (χ0) is 44.2. The molecule has 8 nitrogen and oxygen atoms in total. The second-order valence-corrected chi connectivity index (χ2v) is 17.4. The maximum Gasteiger partial charge on any atom is 0.362 e. The fourth-order valence-corrected chi connectivity index (χ4v) is 7.01. The van der Waals surface area contributed by atoms with Gasteiger partial charge in [-0.1, -0.05) is 184 Å². The van der Waals surface area contributed by atoms with Gasteiger partial charge in [-0.3, -0.25) is 9.59 Å². The summed E-state index contributed by atoms with van der Waals surface area (Å²) in [4.78, 5) is 37.1. The lowest BCUT2D eigenvalue weighted by molar-refractivity contribution is -0.887. The Kier molecular flexibility index (Phi) is 40.6. The second kappa shape index (κ2) is 42.7. The lowest BCUT2D eigenvalue weighted by Crippen LogP contribution is -2.50. The third kappa shape index (κ3) is 40.4. The van der Waals surface area contributed by atoms with Crippen LogP contribution in [-0.2, 0) is 28.6 Å². The summed E-state index contributed by atoms with van der Waals surface area (Å²) >= 11 is 0. The fraction of sp³-hybridized carbons (Fsp3) is 0.750. The number of hydrogen-bond acceptors (Lipinski definition) is 6. The van der Waals surface area contributed by atoms with E-state index in [2.05, 4.69) is 74.6 Å². The first kappa shape index (κ1) is 57.0. The molecule has 0 radical (unpaired) electrons. The number of carbonyl (C=O) groups is 3. The molecule has 0 aromatic rings. The van der Waals surface area contributed by atoms with Crippen molar-refractivity contribution < 1.29 is 38.2 Å². The van der Waals surface area contributed by atoms with Crippen LogP contribution in [0, 0.1) is 0 Å². The number of carboxylic acid groups (broad SMARTS) is 1. The topological polar surface area (TPSA) is 99.1 Å². The van der Waals surface area contributed by atoms with Gasteiger partial charge in [0.2, 0.25) is 0 Å². The van der Waals surface area contributed by atoms with Crippen LogP contribution in [0.1, 0.15) is 200 Å². The van der Waals surface area contributed by atoms with Crippen molar-refractivity contribution in [2.45, 2.75) is 212 Å². The highest BCUT2D eigenvalue weighted by atomic mass is 16.6. The smallest absolute Gasteiger partial charge is 0.362 e. The predicted octanol–water partition coefficient (Wildman–Crippen LogP) is 13.8.